The van der Waals surface area contributed by atoms with Crippen molar-refractivity contribution >= 4 is 37.9 Å². The molecule has 0 aliphatic carbocycles. The standard InChI is InChI=1S/C7H3BrClNO3/c8-7(11)5-3-4(10(12)13)1-2-6(5)9/h1-3H. The number of hydrogen-bond donors (Lipinski definition) is 0. The van der Waals surface area contributed by atoms with Gasteiger partial charge in [0, 0.05) is 12.1 Å². The molecule has 0 amide bonds. The van der Waals surface area contributed by atoms with E-state index in [-0.39, 0.29) is 16.3 Å². The first-order valence-corrected chi connectivity index (χ1v) is 4.33. The first-order valence-electron chi connectivity index (χ1n) is 3.16. The predicted octanol–water partition coefficient (Wildman–Crippen LogP) is 2.78. The van der Waals surface area contributed by atoms with Gasteiger partial charge in [0.1, 0.15) is 0 Å². The fourth-order valence-electron chi connectivity index (χ4n) is 0.777. The number of nitrogens with zero attached hydrogens (tertiary/aromatic N) is 1. The molecule has 0 spiro atoms. The molecule has 13 heavy (non-hydrogen) atoms. The molecule has 0 aliphatic heterocycles. The molecular weight excluding hydrogens is 261 g/mol. The van der Waals surface area contributed by atoms with Crippen molar-refractivity contribution in [2.24, 2.45) is 0 Å². The van der Waals surface area contributed by atoms with E-state index in [9.17, 15) is 14.9 Å². The maximum absolute atomic E-state index is 10.9. The van der Waals surface area contributed by atoms with Gasteiger partial charge in [-0.15, -0.1) is 0 Å². The van der Waals surface area contributed by atoms with Crippen LogP contribution in [0, 0.1) is 10.1 Å². The zero-order valence-corrected chi connectivity index (χ0v) is 8.50. The highest BCUT2D eigenvalue weighted by molar-refractivity contribution is 9.18. The Morgan fingerprint density at radius 2 is 2.15 bits per heavy atom. The van der Waals surface area contributed by atoms with Crippen molar-refractivity contribution in [2.45, 2.75) is 0 Å². The minimum Gasteiger partial charge on any atom is -0.281 e. The smallest absolute Gasteiger partial charge is 0.270 e. The van der Waals surface area contributed by atoms with E-state index >= 15 is 0 Å². The van der Waals surface area contributed by atoms with Crippen molar-refractivity contribution in [3.8, 4) is 0 Å². The van der Waals surface area contributed by atoms with Crippen LogP contribution in [0.25, 0.3) is 0 Å². The number of benzene rings is 1. The summed E-state index contributed by atoms with van der Waals surface area (Å²) in [4.78, 5) is 20.6. The summed E-state index contributed by atoms with van der Waals surface area (Å²) in [6, 6.07) is 3.68. The molecule has 68 valence electrons. The third-order valence-electron chi connectivity index (χ3n) is 1.37. The molecule has 0 atom stereocenters. The number of carbonyl (C=O) groups is 1. The SMILES string of the molecule is O=C(Br)c1cc([N+](=O)[O-])ccc1Cl. The normalized spacial score (nSPS) is 9.69. The molecule has 0 saturated heterocycles. The van der Waals surface area contributed by atoms with Crippen LogP contribution >= 0.6 is 27.5 Å². The van der Waals surface area contributed by atoms with Gasteiger partial charge >= 0.3 is 0 Å². The van der Waals surface area contributed by atoms with Crippen LogP contribution in [0.2, 0.25) is 5.02 Å². The topological polar surface area (TPSA) is 60.2 Å². The lowest BCUT2D eigenvalue weighted by Gasteiger charge is -1.97. The Morgan fingerprint density at radius 1 is 1.54 bits per heavy atom. The van der Waals surface area contributed by atoms with E-state index in [1.807, 2.05) is 0 Å². The molecular formula is C7H3BrClNO3. The Hall–Kier alpha value is -0.940. The van der Waals surface area contributed by atoms with E-state index in [0.29, 0.717) is 0 Å². The Morgan fingerprint density at radius 3 is 2.62 bits per heavy atom. The van der Waals surface area contributed by atoms with Gasteiger partial charge in [0.2, 0.25) is 4.69 Å². The van der Waals surface area contributed by atoms with Crippen molar-refractivity contribution in [3.05, 3.63) is 38.9 Å². The van der Waals surface area contributed by atoms with E-state index in [1.165, 1.54) is 12.1 Å². The van der Waals surface area contributed by atoms with E-state index in [0.717, 1.165) is 6.07 Å². The highest BCUT2D eigenvalue weighted by Gasteiger charge is 2.13. The quantitative estimate of drug-likeness (QED) is 0.469. The van der Waals surface area contributed by atoms with Gasteiger partial charge in [0.15, 0.2) is 0 Å². The van der Waals surface area contributed by atoms with Crippen molar-refractivity contribution in [1.82, 2.24) is 0 Å². The van der Waals surface area contributed by atoms with Crippen LogP contribution < -0.4 is 0 Å². The highest BCUT2D eigenvalue weighted by atomic mass is 79.9. The molecule has 1 aromatic carbocycles. The number of rotatable bonds is 2. The van der Waals surface area contributed by atoms with Gasteiger partial charge < -0.3 is 0 Å². The monoisotopic (exact) mass is 263 g/mol. The Balaban J connectivity index is 3.27. The summed E-state index contributed by atoms with van der Waals surface area (Å²) in [5.41, 5.74) is -0.0666. The molecule has 0 radical (unpaired) electrons. The second kappa shape index (κ2) is 3.85. The highest BCUT2D eigenvalue weighted by Crippen LogP contribution is 2.23. The average Bonchev–Trinajstić information content (AvgIpc) is 2.04. The third kappa shape index (κ3) is 2.26. The molecule has 0 aromatic heterocycles. The maximum atomic E-state index is 10.9. The molecule has 0 fully saturated rings. The van der Waals surface area contributed by atoms with Crippen LogP contribution in [-0.2, 0) is 0 Å². The molecule has 1 rings (SSSR count). The summed E-state index contributed by atoms with van der Waals surface area (Å²) in [5, 5.41) is 10.5. The van der Waals surface area contributed by atoms with Gasteiger partial charge in [0.05, 0.1) is 15.5 Å². The fourth-order valence-corrected chi connectivity index (χ4v) is 1.42. The van der Waals surface area contributed by atoms with E-state index < -0.39 is 9.62 Å². The number of carbonyl (C=O) groups excluding carboxylic acids is 1. The van der Waals surface area contributed by atoms with Gasteiger partial charge in [-0.2, -0.15) is 0 Å². The summed E-state index contributed by atoms with van der Waals surface area (Å²) in [6.45, 7) is 0. The van der Waals surface area contributed by atoms with Crippen molar-refractivity contribution < 1.29 is 9.72 Å². The zero-order valence-electron chi connectivity index (χ0n) is 6.16. The zero-order chi connectivity index (χ0) is 10.0. The first-order chi connectivity index (χ1) is 6.02. The van der Waals surface area contributed by atoms with Crippen LogP contribution in [0.5, 0.6) is 0 Å². The molecule has 0 N–H and O–H groups in total. The van der Waals surface area contributed by atoms with Crippen LogP contribution in [0.1, 0.15) is 10.4 Å². The maximum Gasteiger partial charge on any atom is 0.270 e. The third-order valence-corrected chi connectivity index (χ3v) is 2.13. The minimum atomic E-state index is -0.588. The number of hydrogen-bond acceptors (Lipinski definition) is 3. The van der Waals surface area contributed by atoms with E-state index in [2.05, 4.69) is 15.9 Å². The number of halogens is 2. The summed E-state index contributed by atoms with van der Waals surface area (Å²) >= 11 is 8.29. The first kappa shape index (κ1) is 10.1. The fraction of sp³-hybridized carbons (Fsp3) is 0. The van der Waals surface area contributed by atoms with Crippen LogP contribution in [-0.4, -0.2) is 9.62 Å². The van der Waals surface area contributed by atoms with E-state index in [4.69, 9.17) is 11.6 Å². The second-order valence-electron chi connectivity index (χ2n) is 2.19. The van der Waals surface area contributed by atoms with Crippen LogP contribution in [0.3, 0.4) is 0 Å². The van der Waals surface area contributed by atoms with Crippen molar-refractivity contribution in [2.75, 3.05) is 0 Å². The minimum absolute atomic E-state index is 0.0934. The van der Waals surface area contributed by atoms with Gasteiger partial charge in [-0.05, 0) is 22.0 Å². The lowest BCUT2D eigenvalue weighted by Crippen LogP contribution is -1.93. The van der Waals surface area contributed by atoms with Gasteiger partial charge in [-0.3, -0.25) is 14.9 Å². The summed E-state index contributed by atoms with van der Waals surface area (Å²) in [5.74, 6) is 0. The lowest BCUT2D eigenvalue weighted by atomic mass is 10.2. The molecule has 4 nitrogen and oxygen atoms in total. The summed E-state index contributed by atoms with van der Waals surface area (Å²) < 4.78 is -0.471. The summed E-state index contributed by atoms with van der Waals surface area (Å²) in [7, 11) is 0. The molecule has 0 bridgehead atoms. The van der Waals surface area contributed by atoms with Crippen LogP contribution in [0.4, 0.5) is 5.69 Å². The number of nitro groups is 1. The molecule has 0 unspecified atom stereocenters. The molecule has 0 heterocycles. The van der Waals surface area contributed by atoms with Crippen LogP contribution in [0.15, 0.2) is 18.2 Å². The van der Waals surface area contributed by atoms with Gasteiger partial charge in [0.25, 0.3) is 5.69 Å². The number of non-ortho nitro benzene ring substituents is 1. The van der Waals surface area contributed by atoms with Gasteiger partial charge in [-0.25, -0.2) is 0 Å². The number of nitro benzene ring substituents is 1. The second-order valence-corrected chi connectivity index (χ2v) is 3.32. The Kier molecular flexibility index (Phi) is 3.00. The largest absolute Gasteiger partial charge is 0.281 e. The van der Waals surface area contributed by atoms with Crippen molar-refractivity contribution in [1.29, 1.82) is 0 Å². The molecule has 1 aromatic rings. The van der Waals surface area contributed by atoms with Crippen molar-refractivity contribution in [3.63, 3.8) is 0 Å². The Labute approximate surface area is 86.8 Å². The average molecular weight is 264 g/mol. The molecule has 6 heteroatoms. The molecule has 0 saturated carbocycles. The Bertz CT molecular complexity index is 380. The lowest BCUT2D eigenvalue weighted by molar-refractivity contribution is -0.384. The summed E-state index contributed by atoms with van der Waals surface area (Å²) in [6.07, 6.45) is 0. The van der Waals surface area contributed by atoms with Gasteiger partial charge in [-0.1, -0.05) is 11.6 Å². The van der Waals surface area contributed by atoms with E-state index in [1.54, 1.807) is 0 Å². The molecule has 0 aliphatic rings. The predicted molar refractivity (Wildman–Crippen MR) is 51.4 cm³/mol.